The molecule has 5 nitrogen and oxygen atoms in total. The molecule has 0 aliphatic carbocycles. The van der Waals surface area contributed by atoms with E-state index in [4.69, 9.17) is 0 Å². The van der Waals surface area contributed by atoms with Crippen molar-refractivity contribution in [1.29, 1.82) is 0 Å². The normalized spacial score (nSPS) is 12.0. The Morgan fingerprint density at radius 3 is 2.17 bits per heavy atom. The first-order chi connectivity index (χ1) is 13.6. The number of amides is 1. The van der Waals surface area contributed by atoms with E-state index in [0.717, 1.165) is 29.1 Å². The van der Waals surface area contributed by atoms with Gasteiger partial charge in [0.15, 0.2) is 0 Å². The molecule has 3 aromatic rings. The zero-order valence-corrected chi connectivity index (χ0v) is 16.4. The molecule has 10 heteroatoms. The smallest absolute Gasteiger partial charge is 0.322 e. The van der Waals surface area contributed by atoms with Crippen LogP contribution in [0.25, 0.3) is 0 Å². The fourth-order valence-electron chi connectivity index (χ4n) is 2.39. The number of benzene rings is 2. The summed E-state index contributed by atoms with van der Waals surface area (Å²) in [6.45, 7) is 0.163. The molecule has 152 valence electrons. The molecular formula is C19H15F3N2O3S2. The molecule has 0 atom stereocenters. The molecule has 2 N–H and O–H groups in total. The summed E-state index contributed by atoms with van der Waals surface area (Å²) in [5.74, 6) is -0.569. The van der Waals surface area contributed by atoms with E-state index in [1.807, 2.05) is 17.5 Å². The molecule has 0 saturated carbocycles. The highest BCUT2D eigenvalue weighted by Gasteiger charge is 2.30. The van der Waals surface area contributed by atoms with E-state index in [0.29, 0.717) is 0 Å². The minimum absolute atomic E-state index is 0.000126. The third-order valence-electron chi connectivity index (χ3n) is 3.91. The lowest BCUT2D eigenvalue weighted by atomic mass is 10.2. The summed E-state index contributed by atoms with van der Waals surface area (Å²) in [6.07, 6.45) is -4.46. The van der Waals surface area contributed by atoms with E-state index in [1.165, 1.54) is 35.6 Å². The van der Waals surface area contributed by atoms with Gasteiger partial charge in [-0.15, -0.1) is 11.3 Å². The lowest BCUT2D eigenvalue weighted by Gasteiger charge is -2.09. The van der Waals surface area contributed by atoms with Gasteiger partial charge in [-0.25, -0.2) is 13.1 Å². The van der Waals surface area contributed by atoms with Crippen LogP contribution in [-0.2, 0) is 22.7 Å². The fourth-order valence-corrected chi connectivity index (χ4v) is 4.14. The average Bonchev–Trinajstić information content (AvgIpc) is 3.20. The Kier molecular flexibility index (Phi) is 6.06. The Labute approximate surface area is 169 Å². The van der Waals surface area contributed by atoms with Gasteiger partial charge in [0.25, 0.3) is 5.91 Å². The van der Waals surface area contributed by atoms with Gasteiger partial charge < -0.3 is 5.32 Å². The maximum Gasteiger partial charge on any atom is 0.416 e. The zero-order chi connectivity index (χ0) is 21.1. The van der Waals surface area contributed by atoms with Crippen molar-refractivity contribution >= 4 is 33.0 Å². The molecule has 1 aromatic heterocycles. The van der Waals surface area contributed by atoms with Crippen LogP contribution < -0.4 is 10.0 Å². The Hall–Kier alpha value is -2.69. The van der Waals surface area contributed by atoms with Crippen LogP contribution >= 0.6 is 11.3 Å². The summed E-state index contributed by atoms with van der Waals surface area (Å²) < 4.78 is 64.8. The molecule has 0 spiro atoms. The topological polar surface area (TPSA) is 75.3 Å². The Bertz CT molecular complexity index is 1080. The van der Waals surface area contributed by atoms with Crippen molar-refractivity contribution in [2.45, 2.75) is 17.6 Å². The largest absolute Gasteiger partial charge is 0.416 e. The molecule has 0 radical (unpaired) electrons. The van der Waals surface area contributed by atoms with Crippen molar-refractivity contribution in [2.75, 3.05) is 5.32 Å². The number of rotatable bonds is 6. The van der Waals surface area contributed by atoms with Gasteiger partial charge in [0.2, 0.25) is 10.0 Å². The quantitative estimate of drug-likeness (QED) is 0.593. The summed E-state index contributed by atoms with van der Waals surface area (Å²) in [7, 11) is -3.74. The van der Waals surface area contributed by atoms with Crippen LogP contribution in [0.15, 0.2) is 70.9 Å². The summed E-state index contributed by atoms with van der Waals surface area (Å²) in [5, 5.41) is 4.31. The molecule has 0 aliphatic heterocycles. The first-order valence-corrected chi connectivity index (χ1v) is 10.6. The monoisotopic (exact) mass is 440 g/mol. The minimum Gasteiger partial charge on any atom is -0.322 e. The Balaban J connectivity index is 1.65. The highest BCUT2D eigenvalue weighted by atomic mass is 32.2. The number of nitrogens with one attached hydrogen (secondary N) is 2. The van der Waals surface area contributed by atoms with Crippen LogP contribution in [0.4, 0.5) is 18.9 Å². The second-order valence-corrected chi connectivity index (χ2v) is 8.76. The van der Waals surface area contributed by atoms with Crippen molar-refractivity contribution in [2.24, 2.45) is 0 Å². The highest BCUT2D eigenvalue weighted by Crippen LogP contribution is 2.29. The number of sulfonamides is 1. The molecule has 3 rings (SSSR count). The van der Waals surface area contributed by atoms with Gasteiger partial charge in [-0.05, 0) is 60.0 Å². The van der Waals surface area contributed by atoms with Crippen molar-refractivity contribution < 1.29 is 26.4 Å². The number of halogens is 3. The third kappa shape index (κ3) is 5.43. The molecule has 0 saturated heterocycles. The average molecular weight is 440 g/mol. The number of carbonyl (C=O) groups excluding carboxylic acids is 1. The second kappa shape index (κ2) is 8.36. The zero-order valence-electron chi connectivity index (χ0n) is 14.7. The second-order valence-electron chi connectivity index (χ2n) is 5.96. The van der Waals surface area contributed by atoms with Gasteiger partial charge in [-0.2, -0.15) is 13.2 Å². The molecule has 0 unspecified atom stereocenters. The van der Waals surface area contributed by atoms with Gasteiger partial charge in [0.1, 0.15) is 0 Å². The number of hydrogen-bond acceptors (Lipinski definition) is 4. The number of anilines is 1. The number of alkyl halides is 3. The lowest BCUT2D eigenvalue weighted by molar-refractivity contribution is -0.137. The van der Waals surface area contributed by atoms with Gasteiger partial charge in [-0.1, -0.05) is 6.07 Å². The summed E-state index contributed by atoms with van der Waals surface area (Å²) >= 11 is 1.43. The van der Waals surface area contributed by atoms with Crippen LogP contribution in [0.2, 0.25) is 0 Å². The van der Waals surface area contributed by atoms with Gasteiger partial charge in [0, 0.05) is 22.7 Å². The van der Waals surface area contributed by atoms with Crippen LogP contribution in [0, 0.1) is 0 Å². The van der Waals surface area contributed by atoms with E-state index in [-0.39, 0.29) is 22.7 Å². The van der Waals surface area contributed by atoms with Gasteiger partial charge in [0.05, 0.1) is 10.5 Å². The van der Waals surface area contributed by atoms with Crippen molar-refractivity contribution in [3.8, 4) is 0 Å². The summed E-state index contributed by atoms with van der Waals surface area (Å²) in [5.41, 5.74) is -0.459. The van der Waals surface area contributed by atoms with E-state index >= 15 is 0 Å². The predicted octanol–water partition coefficient (Wildman–Crippen LogP) is 4.50. The Morgan fingerprint density at radius 1 is 0.966 bits per heavy atom. The van der Waals surface area contributed by atoms with E-state index < -0.39 is 27.7 Å². The Morgan fingerprint density at radius 2 is 1.62 bits per heavy atom. The van der Waals surface area contributed by atoms with Crippen LogP contribution in [-0.4, -0.2) is 14.3 Å². The molecule has 1 heterocycles. The molecule has 0 bridgehead atoms. The van der Waals surface area contributed by atoms with Crippen LogP contribution in [0.3, 0.4) is 0 Å². The number of carbonyl (C=O) groups is 1. The van der Waals surface area contributed by atoms with E-state index in [2.05, 4.69) is 10.0 Å². The predicted molar refractivity (Wildman–Crippen MR) is 104 cm³/mol. The van der Waals surface area contributed by atoms with Crippen molar-refractivity contribution in [3.05, 3.63) is 82.0 Å². The maximum atomic E-state index is 12.6. The first kappa shape index (κ1) is 21.0. The highest BCUT2D eigenvalue weighted by molar-refractivity contribution is 7.89. The molecule has 0 fully saturated rings. The van der Waals surface area contributed by atoms with Crippen LogP contribution in [0.5, 0.6) is 0 Å². The van der Waals surface area contributed by atoms with E-state index in [9.17, 15) is 26.4 Å². The maximum absolute atomic E-state index is 12.6. The van der Waals surface area contributed by atoms with Gasteiger partial charge in [-0.3, -0.25) is 4.79 Å². The molecular weight excluding hydrogens is 425 g/mol. The SMILES string of the molecule is O=C(Nc1ccc(C(F)(F)F)cc1)c1ccc(S(=O)(=O)NCc2cccs2)cc1. The van der Waals surface area contributed by atoms with Crippen LogP contribution in [0.1, 0.15) is 20.8 Å². The van der Waals surface area contributed by atoms with Crippen molar-refractivity contribution in [1.82, 2.24) is 4.72 Å². The molecule has 29 heavy (non-hydrogen) atoms. The minimum atomic E-state index is -4.46. The summed E-state index contributed by atoms with van der Waals surface area (Å²) in [6, 6.07) is 12.9. The standard InChI is InChI=1S/C19H15F3N2O3S2/c20-19(21,22)14-5-7-15(8-6-14)24-18(25)13-3-9-17(10-4-13)29(26,27)23-12-16-2-1-11-28-16/h1-11,23H,12H2,(H,24,25). The fraction of sp³-hybridized carbons (Fsp3) is 0.105. The van der Waals surface area contributed by atoms with Crippen molar-refractivity contribution in [3.63, 3.8) is 0 Å². The van der Waals surface area contributed by atoms with Gasteiger partial charge >= 0.3 is 6.18 Å². The third-order valence-corrected chi connectivity index (χ3v) is 6.21. The first-order valence-electron chi connectivity index (χ1n) is 8.26. The molecule has 0 aliphatic rings. The number of hydrogen-bond donors (Lipinski definition) is 2. The molecule has 1 amide bonds. The van der Waals surface area contributed by atoms with E-state index in [1.54, 1.807) is 0 Å². The molecule has 2 aromatic carbocycles. The number of thiophene rings is 1. The summed E-state index contributed by atoms with van der Waals surface area (Å²) in [4.78, 5) is 13.1. The lowest BCUT2D eigenvalue weighted by Crippen LogP contribution is -2.23.